The zero-order valence-electron chi connectivity index (χ0n) is 18.1. The van der Waals surface area contributed by atoms with Crippen LogP contribution in [0.1, 0.15) is 42.6 Å². The monoisotopic (exact) mass is 474 g/mol. The van der Waals surface area contributed by atoms with Crippen LogP contribution in [0.4, 0.5) is 0 Å². The maximum absolute atomic E-state index is 12.4. The fourth-order valence-electron chi connectivity index (χ4n) is 3.31. The van der Waals surface area contributed by atoms with Gasteiger partial charge < -0.3 is 9.30 Å². The number of hydrogen-bond donors (Lipinski definition) is 0. The molecule has 3 rings (SSSR count). The Morgan fingerprint density at radius 2 is 1.84 bits per heavy atom. The van der Waals surface area contributed by atoms with Crippen LogP contribution >= 0.6 is 11.3 Å². The molecule has 0 radical (unpaired) electrons. The van der Waals surface area contributed by atoms with Gasteiger partial charge in [0.25, 0.3) is 0 Å². The molecule has 0 spiro atoms. The standard InChI is InChI=1S/C23H26N2O5S2/c1-3-25-19-13-12-18(22(27)30-4-2)15-20(19)31-23(25)24-21(26)11-8-14-32(28,29)16-17-9-6-5-7-10-17/h5-7,9-10,12-13,15H,3-4,8,11,14,16H2,1-2H3. The van der Waals surface area contributed by atoms with Gasteiger partial charge in [-0.3, -0.25) is 4.79 Å². The van der Waals surface area contributed by atoms with Crippen molar-refractivity contribution < 1.29 is 22.7 Å². The summed E-state index contributed by atoms with van der Waals surface area (Å²) in [6.07, 6.45) is 0.279. The minimum atomic E-state index is -3.29. The lowest BCUT2D eigenvalue weighted by atomic mass is 10.2. The molecule has 0 aliphatic carbocycles. The van der Waals surface area contributed by atoms with Gasteiger partial charge in [-0.2, -0.15) is 4.99 Å². The molecule has 170 valence electrons. The van der Waals surface area contributed by atoms with E-state index in [0.717, 1.165) is 15.8 Å². The first-order valence-corrected chi connectivity index (χ1v) is 13.1. The third-order valence-corrected chi connectivity index (χ3v) is 7.53. The molecule has 1 amide bonds. The molecule has 0 aliphatic heterocycles. The highest BCUT2D eigenvalue weighted by Crippen LogP contribution is 2.20. The minimum Gasteiger partial charge on any atom is -0.462 e. The van der Waals surface area contributed by atoms with E-state index in [1.807, 2.05) is 23.6 Å². The molecule has 1 aromatic heterocycles. The van der Waals surface area contributed by atoms with Gasteiger partial charge in [0, 0.05) is 13.0 Å². The minimum absolute atomic E-state index is 0.0336. The average Bonchev–Trinajstić information content (AvgIpc) is 3.10. The number of carbonyl (C=O) groups excluding carboxylic acids is 2. The highest BCUT2D eigenvalue weighted by atomic mass is 32.2. The highest BCUT2D eigenvalue weighted by molar-refractivity contribution is 7.90. The Morgan fingerprint density at radius 3 is 2.53 bits per heavy atom. The molecule has 1 heterocycles. The lowest BCUT2D eigenvalue weighted by Crippen LogP contribution is -2.16. The van der Waals surface area contributed by atoms with E-state index in [1.54, 1.807) is 43.3 Å². The third-order valence-electron chi connectivity index (χ3n) is 4.81. The van der Waals surface area contributed by atoms with Crippen LogP contribution in [-0.2, 0) is 31.7 Å². The molecule has 0 N–H and O–H groups in total. The van der Waals surface area contributed by atoms with E-state index in [4.69, 9.17) is 4.74 Å². The summed E-state index contributed by atoms with van der Waals surface area (Å²) in [5, 5.41) is 0. The Kier molecular flexibility index (Phi) is 7.98. The number of ether oxygens (including phenoxy) is 1. The number of benzene rings is 2. The van der Waals surface area contributed by atoms with Gasteiger partial charge in [-0.25, -0.2) is 13.2 Å². The number of rotatable bonds is 9. The number of hydrogen-bond acceptors (Lipinski definition) is 6. The van der Waals surface area contributed by atoms with Crippen molar-refractivity contribution in [1.29, 1.82) is 0 Å². The number of amides is 1. The first-order valence-electron chi connectivity index (χ1n) is 10.5. The molecule has 2 aromatic carbocycles. The summed E-state index contributed by atoms with van der Waals surface area (Å²) in [5.41, 5.74) is 2.06. The second-order valence-corrected chi connectivity index (χ2v) is 10.4. The van der Waals surface area contributed by atoms with Crippen molar-refractivity contribution in [3.8, 4) is 0 Å². The Hall–Kier alpha value is -2.78. The van der Waals surface area contributed by atoms with E-state index in [-0.39, 0.29) is 30.3 Å². The maximum Gasteiger partial charge on any atom is 0.338 e. The predicted molar refractivity (Wildman–Crippen MR) is 125 cm³/mol. The van der Waals surface area contributed by atoms with Crippen LogP contribution in [0.15, 0.2) is 53.5 Å². The van der Waals surface area contributed by atoms with Crippen molar-refractivity contribution in [1.82, 2.24) is 4.57 Å². The second kappa shape index (κ2) is 10.7. The first-order chi connectivity index (χ1) is 15.3. The molecule has 0 unspecified atom stereocenters. The molecule has 3 aromatic rings. The van der Waals surface area contributed by atoms with Crippen molar-refractivity contribution >= 4 is 43.3 Å². The van der Waals surface area contributed by atoms with E-state index >= 15 is 0 Å². The van der Waals surface area contributed by atoms with Gasteiger partial charge in [-0.1, -0.05) is 41.7 Å². The molecule has 32 heavy (non-hydrogen) atoms. The molecule has 0 aliphatic rings. The van der Waals surface area contributed by atoms with Crippen LogP contribution in [0.25, 0.3) is 10.2 Å². The predicted octanol–water partition coefficient (Wildman–Crippen LogP) is 3.72. The first kappa shape index (κ1) is 23.9. The van der Waals surface area contributed by atoms with E-state index in [0.29, 0.717) is 23.5 Å². The number of aromatic nitrogens is 1. The zero-order chi connectivity index (χ0) is 23.1. The summed E-state index contributed by atoms with van der Waals surface area (Å²) in [6, 6.07) is 14.2. The number of nitrogens with zero attached hydrogens (tertiary/aromatic N) is 2. The fraction of sp³-hybridized carbons (Fsp3) is 0.348. The number of esters is 1. The lowest BCUT2D eigenvalue weighted by molar-refractivity contribution is -0.118. The van der Waals surface area contributed by atoms with Crippen molar-refractivity contribution in [3.63, 3.8) is 0 Å². The van der Waals surface area contributed by atoms with Crippen molar-refractivity contribution in [2.24, 2.45) is 4.99 Å². The van der Waals surface area contributed by atoms with E-state index < -0.39 is 15.8 Å². The summed E-state index contributed by atoms with van der Waals surface area (Å²) in [5.74, 6) is -0.850. The zero-order valence-corrected chi connectivity index (χ0v) is 19.7. The van der Waals surface area contributed by atoms with E-state index in [9.17, 15) is 18.0 Å². The largest absolute Gasteiger partial charge is 0.462 e. The van der Waals surface area contributed by atoms with Crippen LogP contribution in [-0.4, -0.2) is 37.2 Å². The Morgan fingerprint density at radius 1 is 1.09 bits per heavy atom. The van der Waals surface area contributed by atoms with Gasteiger partial charge in [0.15, 0.2) is 14.6 Å². The number of aryl methyl sites for hydroxylation is 1. The summed E-state index contributed by atoms with van der Waals surface area (Å²) >= 11 is 1.32. The van der Waals surface area contributed by atoms with Gasteiger partial charge in [-0.15, -0.1) is 0 Å². The maximum atomic E-state index is 12.4. The molecule has 0 saturated carbocycles. The van der Waals surface area contributed by atoms with Gasteiger partial charge in [-0.05, 0) is 44.0 Å². The summed E-state index contributed by atoms with van der Waals surface area (Å²) in [4.78, 5) is 29.2. The van der Waals surface area contributed by atoms with E-state index in [1.165, 1.54) is 11.3 Å². The van der Waals surface area contributed by atoms with Crippen LogP contribution in [0.2, 0.25) is 0 Å². The summed E-state index contributed by atoms with van der Waals surface area (Å²) in [7, 11) is -3.29. The normalized spacial score (nSPS) is 12.2. The summed E-state index contributed by atoms with van der Waals surface area (Å²) < 4.78 is 32.4. The summed E-state index contributed by atoms with van der Waals surface area (Å²) in [6.45, 7) is 4.61. The highest BCUT2D eigenvalue weighted by Gasteiger charge is 2.14. The molecule has 9 heteroatoms. The molecular formula is C23H26N2O5S2. The van der Waals surface area contributed by atoms with Gasteiger partial charge in [0.2, 0.25) is 5.91 Å². The smallest absolute Gasteiger partial charge is 0.338 e. The SMILES string of the molecule is CCOC(=O)c1ccc2c(c1)sc(=NC(=O)CCCS(=O)(=O)Cc1ccccc1)n2CC. The molecule has 0 fully saturated rings. The van der Waals surface area contributed by atoms with Crippen LogP contribution in [0.5, 0.6) is 0 Å². The van der Waals surface area contributed by atoms with Crippen LogP contribution in [0, 0.1) is 0 Å². The van der Waals surface area contributed by atoms with Crippen LogP contribution in [0.3, 0.4) is 0 Å². The Labute approximate surface area is 191 Å². The molecule has 0 atom stereocenters. The molecule has 0 bridgehead atoms. The van der Waals surface area contributed by atoms with Gasteiger partial charge in [0.1, 0.15) is 0 Å². The second-order valence-electron chi connectivity index (χ2n) is 7.22. The molecular weight excluding hydrogens is 448 g/mol. The number of thiazole rings is 1. The topological polar surface area (TPSA) is 94.8 Å². The average molecular weight is 475 g/mol. The Balaban J connectivity index is 1.70. The number of sulfone groups is 1. The third kappa shape index (κ3) is 6.14. The van der Waals surface area contributed by atoms with Gasteiger partial charge in [0.05, 0.1) is 33.9 Å². The quantitative estimate of drug-likeness (QED) is 0.441. The van der Waals surface area contributed by atoms with E-state index in [2.05, 4.69) is 4.99 Å². The van der Waals surface area contributed by atoms with Crippen molar-refractivity contribution in [3.05, 3.63) is 64.5 Å². The Bertz CT molecular complexity index is 1270. The molecule has 7 nitrogen and oxygen atoms in total. The van der Waals surface area contributed by atoms with Gasteiger partial charge >= 0.3 is 5.97 Å². The lowest BCUT2D eigenvalue weighted by Gasteiger charge is -2.04. The van der Waals surface area contributed by atoms with Crippen molar-refractivity contribution in [2.75, 3.05) is 12.4 Å². The number of carbonyl (C=O) groups is 2. The van der Waals surface area contributed by atoms with Crippen molar-refractivity contribution in [2.45, 2.75) is 39.0 Å². The molecule has 0 saturated heterocycles. The number of fused-ring (bicyclic) bond motifs is 1. The fourth-order valence-corrected chi connectivity index (χ4v) is 5.89. The van der Waals surface area contributed by atoms with Crippen LogP contribution < -0.4 is 4.80 Å².